The first-order valence-corrected chi connectivity index (χ1v) is 10.7. The van der Waals surface area contributed by atoms with Crippen LogP contribution in [0.2, 0.25) is 5.02 Å². The monoisotopic (exact) mass is 414 g/mol. The second kappa shape index (κ2) is 9.64. The average Bonchev–Trinajstić information content (AvgIpc) is 3.22. The molecule has 2 aromatic carbocycles. The number of hydrogen-bond acceptors (Lipinski definition) is 3. The topological polar surface area (TPSA) is 41.6 Å². The predicted octanol–water partition coefficient (Wildman–Crippen LogP) is 4.97. The third-order valence-electron chi connectivity index (χ3n) is 5.43. The Morgan fingerprint density at radius 1 is 1.10 bits per heavy atom. The van der Waals surface area contributed by atoms with Crippen LogP contribution in [0.15, 0.2) is 48.5 Å². The Morgan fingerprint density at radius 3 is 2.38 bits per heavy atom. The van der Waals surface area contributed by atoms with E-state index in [1.165, 1.54) is 24.0 Å². The quantitative estimate of drug-likeness (QED) is 0.695. The first-order valence-electron chi connectivity index (χ1n) is 10.3. The molecule has 1 aliphatic heterocycles. The molecule has 1 amide bonds. The first kappa shape index (κ1) is 21.7. The number of carbonyl (C=O) groups is 1. The summed E-state index contributed by atoms with van der Waals surface area (Å²) < 4.78 is 5.56. The lowest BCUT2D eigenvalue weighted by Crippen LogP contribution is -2.38. The van der Waals surface area contributed by atoms with E-state index in [2.05, 4.69) is 55.3 Å². The van der Waals surface area contributed by atoms with Crippen molar-refractivity contribution in [3.8, 4) is 5.75 Å². The summed E-state index contributed by atoms with van der Waals surface area (Å²) in [6.07, 6.45) is 2.42. The van der Waals surface area contributed by atoms with Gasteiger partial charge in [0.2, 0.25) is 0 Å². The highest BCUT2D eigenvalue weighted by atomic mass is 35.5. The molecule has 2 aromatic rings. The number of para-hydroxylation sites is 1. The fraction of sp³-hybridized carbons (Fsp3) is 0.458. The second-order valence-electron chi connectivity index (χ2n) is 8.65. The Labute approximate surface area is 179 Å². The molecule has 0 bridgehead atoms. The van der Waals surface area contributed by atoms with E-state index in [9.17, 15) is 4.79 Å². The van der Waals surface area contributed by atoms with Gasteiger partial charge in [0.1, 0.15) is 5.75 Å². The van der Waals surface area contributed by atoms with E-state index in [1.54, 1.807) is 12.1 Å². The molecule has 1 atom stereocenters. The van der Waals surface area contributed by atoms with E-state index in [1.807, 2.05) is 12.1 Å². The number of halogens is 1. The molecule has 0 aromatic heterocycles. The lowest BCUT2D eigenvalue weighted by Gasteiger charge is -2.29. The standard InChI is InChI=1S/C24H31ClN2O2/c1-24(2,3)19-12-10-18(11-13-19)21(27-14-6-7-15-27)16-26-23(28)17-29-22-9-5-4-8-20(22)25/h4-5,8-13,21H,6-7,14-17H2,1-3H3,(H,26,28). The fourth-order valence-electron chi connectivity index (χ4n) is 3.68. The molecule has 1 saturated heterocycles. The van der Waals surface area contributed by atoms with E-state index in [-0.39, 0.29) is 24.0 Å². The van der Waals surface area contributed by atoms with Crippen molar-refractivity contribution in [1.29, 1.82) is 0 Å². The highest BCUT2D eigenvalue weighted by Crippen LogP contribution is 2.28. The minimum atomic E-state index is -0.138. The lowest BCUT2D eigenvalue weighted by atomic mass is 9.86. The van der Waals surface area contributed by atoms with Crippen molar-refractivity contribution in [3.05, 3.63) is 64.7 Å². The van der Waals surface area contributed by atoms with E-state index in [4.69, 9.17) is 16.3 Å². The minimum Gasteiger partial charge on any atom is -0.482 e. The molecular formula is C24H31ClN2O2. The second-order valence-corrected chi connectivity index (χ2v) is 9.06. The van der Waals surface area contributed by atoms with Gasteiger partial charge in [-0.2, -0.15) is 0 Å². The molecule has 1 N–H and O–H groups in total. The fourth-order valence-corrected chi connectivity index (χ4v) is 3.87. The van der Waals surface area contributed by atoms with Crippen LogP contribution in [-0.4, -0.2) is 37.0 Å². The number of carbonyl (C=O) groups excluding carboxylic acids is 1. The van der Waals surface area contributed by atoms with Crippen LogP contribution in [0.4, 0.5) is 0 Å². The molecular weight excluding hydrogens is 384 g/mol. The number of likely N-dealkylation sites (tertiary alicyclic amines) is 1. The highest BCUT2D eigenvalue weighted by molar-refractivity contribution is 6.32. The van der Waals surface area contributed by atoms with Crippen molar-refractivity contribution in [2.75, 3.05) is 26.2 Å². The largest absolute Gasteiger partial charge is 0.482 e. The van der Waals surface area contributed by atoms with Gasteiger partial charge in [-0.05, 0) is 54.6 Å². The van der Waals surface area contributed by atoms with Crippen molar-refractivity contribution in [2.24, 2.45) is 0 Å². The Hall–Kier alpha value is -2.04. The molecule has 1 aliphatic rings. The number of nitrogens with one attached hydrogen (secondary N) is 1. The van der Waals surface area contributed by atoms with Crippen LogP contribution in [0.25, 0.3) is 0 Å². The van der Waals surface area contributed by atoms with Crippen LogP contribution < -0.4 is 10.1 Å². The molecule has 0 spiro atoms. The number of ether oxygens (including phenoxy) is 1. The molecule has 3 rings (SSSR count). The van der Waals surface area contributed by atoms with Gasteiger partial charge in [0, 0.05) is 6.54 Å². The molecule has 1 fully saturated rings. The number of amides is 1. The summed E-state index contributed by atoms with van der Waals surface area (Å²) in [7, 11) is 0. The Kier molecular flexibility index (Phi) is 7.20. The van der Waals surface area contributed by atoms with Crippen molar-refractivity contribution in [3.63, 3.8) is 0 Å². The Balaban J connectivity index is 1.62. The maximum absolute atomic E-state index is 12.4. The molecule has 156 valence electrons. The molecule has 0 saturated carbocycles. The number of benzene rings is 2. The van der Waals surface area contributed by atoms with E-state index < -0.39 is 0 Å². The van der Waals surface area contributed by atoms with Crippen molar-refractivity contribution in [1.82, 2.24) is 10.2 Å². The summed E-state index contributed by atoms with van der Waals surface area (Å²) in [5.74, 6) is 0.388. The number of hydrogen-bond donors (Lipinski definition) is 1. The highest BCUT2D eigenvalue weighted by Gasteiger charge is 2.24. The van der Waals surface area contributed by atoms with Gasteiger partial charge in [-0.15, -0.1) is 0 Å². The van der Waals surface area contributed by atoms with Gasteiger partial charge >= 0.3 is 0 Å². The van der Waals surface area contributed by atoms with Crippen LogP contribution >= 0.6 is 11.6 Å². The molecule has 29 heavy (non-hydrogen) atoms. The zero-order valence-corrected chi connectivity index (χ0v) is 18.3. The van der Waals surface area contributed by atoms with Gasteiger partial charge in [0.05, 0.1) is 11.1 Å². The predicted molar refractivity (Wildman–Crippen MR) is 119 cm³/mol. The lowest BCUT2D eigenvalue weighted by molar-refractivity contribution is -0.123. The van der Waals surface area contributed by atoms with E-state index in [0.717, 1.165) is 13.1 Å². The molecule has 0 radical (unpaired) electrons. The zero-order valence-electron chi connectivity index (χ0n) is 17.6. The summed E-state index contributed by atoms with van der Waals surface area (Å²) in [5.41, 5.74) is 2.69. The van der Waals surface area contributed by atoms with Crippen molar-refractivity contribution >= 4 is 17.5 Å². The number of nitrogens with zero attached hydrogens (tertiary/aromatic N) is 1. The van der Waals surface area contributed by atoms with E-state index >= 15 is 0 Å². The Bertz CT molecular complexity index is 808. The molecule has 5 heteroatoms. The van der Waals surface area contributed by atoms with Gasteiger partial charge in [0.25, 0.3) is 5.91 Å². The average molecular weight is 415 g/mol. The molecule has 0 aliphatic carbocycles. The van der Waals surface area contributed by atoms with Gasteiger partial charge in [-0.25, -0.2) is 0 Å². The van der Waals surface area contributed by atoms with Crippen LogP contribution in [0, 0.1) is 0 Å². The Morgan fingerprint density at radius 2 is 1.76 bits per heavy atom. The van der Waals surface area contributed by atoms with Gasteiger partial charge in [-0.3, -0.25) is 9.69 Å². The minimum absolute atomic E-state index is 0.0422. The maximum atomic E-state index is 12.4. The third-order valence-corrected chi connectivity index (χ3v) is 5.74. The third kappa shape index (κ3) is 5.97. The summed E-state index contributed by atoms with van der Waals surface area (Å²) >= 11 is 6.08. The van der Waals surface area contributed by atoms with Gasteiger partial charge in [-0.1, -0.05) is 68.8 Å². The van der Waals surface area contributed by atoms with Gasteiger partial charge in [0.15, 0.2) is 6.61 Å². The van der Waals surface area contributed by atoms with Crippen molar-refractivity contribution < 1.29 is 9.53 Å². The summed E-state index contributed by atoms with van der Waals surface area (Å²) in [6.45, 7) is 9.33. The van der Waals surface area contributed by atoms with Crippen molar-refractivity contribution in [2.45, 2.75) is 45.1 Å². The van der Waals surface area contributed by atoms with Crippen LogP contribution in [0.1, 0.15) is 50.8 Å². The maximum Gasteiger partial charge on any atom is 0.258 e. The van der Waals surface area contributed by atoms with E-state index in [0.29, 0.717) is 17.3 Å². The summed E-state index contributed by atoms with van der Waals surface area (Å²) in [5, 5.41) is 3.55. The number of rotatable bonds is 7. The van der Waals surface area contributed by atoms with Crippen LogP contribution in [-0.2, 0) is 10.2 Å². The molecule has 1 unspecified atom stereocenters. The SMILES string of the molecule is CC(C)(C)c1ccc(C(CNC(=O)COc2ccccc2Cl)N2CCCC2)cc1. The normalized spacial score (nSPS) is 15.9. The molecule has 4 nitrogen and oxygen atoms in total. The van der Waals surface area contributed by atoms with Crippen LogP contribution in [0.5, 0.6) is 5.75 Å². The van der Waals surface area contributed by atoms with Gasteiger partial charge < -0.3 is 10.1 Å². The molecule has 1 heterocycles. The zero-order chi connectivity index (χ0) is 20.9. The summed E-state index contributed by atoms with van der Waals surface area (Å²) in [4.78, 5) is 14.8. The summed E-state index contributed by atoms with van der Waals surface area (Å²) in [6, 6.07) is 16.2. The smallest absolute Gasteiger partial charge is 0.258 e. The first-order chi connectivity index (χ1) is 13.8. The van der Waals surface area contributed by atoms with Crippen LogP contribution in [0.3, 0.4) is 0 Å².